The Hall–Kier alpha value is -4.20. The summed E-state index contributed by atoms with van der Waals surface area (Å²) >= 11 is 0. The van der Waals surface area contributed by atoms with Crippen LogP contribution in [-0.4, -0.2) is 27.5 Å². The molecule has 0 spiro atoms. The number of aryl methyl sites for hydroxylation is 1. The molecule has 0 saturated heterocycles. The first-order valence-corrected chi connectivity index (χ1v) is 9.49. The maximum absolute atomic E-state index is 12.3. The molecule has 3 aromatic rings. The Morgan fingerprint density at radius 2 is 1.55 bits per heavy atom. The smallest absolute Gasteiger partial charge is 0.335 e. The summed E-state index contributed by atoms with van der Waals surface area (Å²) in [6.45, 7) is 1.98. The number of benzene rings is 2. The van der Waals surface area contributed by atoms with Gasteiger partial charge in [-0.15, -0.1) is 0 Å². The van der Waals surface area contributed by atoms with Gasteiger partial charge in [-0.2, -0.15) is 0 Å². The van der Waals surface area contributed by atoms with Crippen LogP contribution in [0, 0.1) is 6.92 Å². The number of hydrogen-bond donors (Lipinski definition) is 3. The molecule has 0 aliphatic rings. The molecule has 2 amide bonds. The van der Waals surface area contributed by atoms with E-state index in [-0.39, 0.29) is 36.0 Å². The minimum atomic E-state index is -1.01. The van der Waals surface area contributed by atoms with E-state index in [1.807, 2.05) is 6.92 Å². The highest BCUT2D eigenvalue weighted by molar-refractivity contribution is 5.95. The lowest BCUT2D eigenvalue weighted by atomic mass is 10.1. The Bertz CT molecular complexity index is 1170. The van der Waals surface area contributed by atoms with Crippen LogP contribution < -0.4 is 16.2 Å². The standard InChI is InChI=1S/C23H21N3O5/c1-15-2-11-21(28)26(13-15)14-20(27)25-19-9-7-17(8-10-19)22(29)24-12-16-3-5-18(6-4-16)23(30)31/h2-11,13H,12,14H2,1H3,(H,24,29)(H,25,27)(H,30,31). The monoisotopic (exact) mass is 419 g/mol. The fourth-order valence-corrected chi connectivity index (χ4v) is 2.88. The number of rotatable bonds is 7. The minimum absolute atomic E-state index is 0.108. The number of nitrogens with one attached hydrogen (secondary N) is 2. The number of aromatic carboxylic acids is 1. The predicted molar refractivity (Wildman–Crippen MR) is 115 cm³/mol. The first kappa shape index (κ1) is 21.5. The second-order valence-electron chi connectivity index (χ2n) is 6.98. The number of hydrogen-bond acceptors (Lipinski definition) is 4. The summed E-state index contributed by atoms with van der Waals surface area (Å²) in [5.41, 5.74) is 2.49. The number of anilines is 1. The van der Waals surface area contributed by atoms with Crippen molar-refractivity contribution in [3.05, 3.63) is 99.5 Å². The SMILES string of the molecule is Cc1ccc(=O)n(CC(=O)Nc2ccc(C(=O)NCc3ccc(C(=O)O)cc3)cc2)c1. The van der Waals surface area contributed by atoms with Crippen molar-refractivity contribution in [2.24, 2.45) is 0 Å². The quantitative estimate of drug-likeness (QED) is 0.544. The summed E-state index contributed by atoms with van der Waals surface area (Å²) in [6.07, 6.45) is 1.62. The average Bonchev–Trinajstić information content (AvgIpc) is 2.75. The second-order valence-corrected chi connectivity index (χ2v) is 6.98. The van der Waals surface area contributed by atoms with Gasteiger partial charge in [-0.05, 0) is 54.4 Å². The zero-order chi connectivity index (χ0) is 22.4. The summed E-state index contributed by atoms with van der Waals surface area (Å²) in [5.74, 6) is -1.66. The maximum atomic E-state index is 12.3. The predicted octanol–water partition coefficient (Wildman–Crippen LogP) is 2.42. The van der Waals surface area contributed by atoms with Crippen LogP contribution in [-0.2, 0) is 17.9 Å². The Morgan fingerprint density at radius 3 is 2.19 bits per heavy atom. The van der Waals surface area contributed by atoms with Crippen molar-refractivity contribution in [3.63, 3.8) is 0 Å². The molecule has 0 atom stereocenters. The molecule has 2 aromatic carbocycles. The highest BCUT2D eigenvalue weighted by atomic mass is 16.4. The fourth-order valence-electron chi connectivity index (χ4n) is 2.88. The number of nitrogens with zero attached hydrogens (tertiary/aromatic N) is 1. The Morgan fingerprint density at radius 1 is 0.903 bits per heavy atom. The van der Waals surface area contributed by atoms with Crippen LogP contribution in [0.4, 0.5) is 5.69 Å². The van der Waals surface area contributed by atoms with E-state index in [9.17, 15) is 19.2 Å². The number of aromatic nitrogens is 1. The fraction of sp³-hybridized carbons (Fsp3) is 0.130. The normalized spacial score (nSPS) is 10.4. The molecule has 3 N–H and O–H groups in total. The lowest BCUT2D eigenvalue weighted by molar-refractivity contribution is -0.116. The highest BCUT2D eigenvalue weighted by Crippen LogP contribution is 2.11. The zero-order valence-electron chi connectivity index (χ0n) is 16.8. The molecular formula is C23H21N3O5. The van der Waals surface area contributed by atoms with E-state index in [1.54, 1.807) is 48.7 Å². The highest BCUT2D eigenvalue weighted by Gasteiger charge is 2.09. The molecule has 0 aliphatic carbocycles. The Labute approximate surface area is 178 Å². The van der Waals surface area contributed by atoms with E-state index >= 15 is 0 Å². The van der Waals surface area contributed by atoms with Crippen LogP contribution >= 0.6 is 0 Å². The van der Waals surface area contributed by atoms with Crippen LogP contribution in [0.2, 0.25) is 0 Å². The molecule has 0 aliphatic heterocycles. The number of carboxylic acid groups (broad SMARTS) is 1. The second kappa shape index (κ2) is 9.53. The molecule has 158 valence electrons. The molecule has 0 radical (unpaired) electrons. The van der Waals surface area contributed by atoms with Crippen LogP contribution in [0.1, 0.15) is 31.8 Å². The molecule has 1 aromatic heterocycles. The number of pyridine rings is 1. The molecule has 0 unspecified atom stereocenters. The van der Waals surface area contributed by atoms with Crippen LogP contribution in [0.3, 0.4) is 0 Å². The number of amides is 2. The summed E-state index contributed by atoms with van der Waals surface area (Å²) in [6, 6.07) is 15.7. The number of carbonyl (C=O) groups is 3. The van der Waals surface area contributed by atoms with Crippen molar-refractivity contribution in [1.82, 2.24) is 9.88 Å². The first-order valence-electron chi connectivity index (χ1n) is 9.49. The third kappa shape index (κ3) is 5.89. The first-order chi connectivity index (χ1) is 14.8. The maximum Gasteiger partial charge on any atom is 0.335 e. The van der Waals surface area contributed by atoms with Gasteiger partial charge in [0.05, 0.1) is 5.56 Å². The van der Waals surface area contributed by atoms with E-state index in [1.165, 1.54) is 22.8 Å². The molecule has 0 fully saturated rings. The Balaban J connectivity index is 1.54. The lowest BCUT2D eigenvalue weighted by Gasteiger charge is -2.09. The summed E-state index contributed by atoms with van der Waals surface area (Å²) in [4.78, 5) is 47.2. The van der Waals surface area contributed by atoms with Crippen molar-refractivity contribution in [2.45, 2.75) is 20.0 Å². The molecular weight excluding hydrogens is 398 g/mol. The van der Waals surface area contributed by atoms with Crippen LogP contribution in [0.5, 0.6) is 0 Å². The topological polar surface area (TPSA) is 118 Å². The van der Waals surface area contributed by atoms with Crippen LogP contribution in [0.15, 0.2) is 71.7 Å². The van der Waals surface area contributed by atoms with Gasteiger partial charge in [-0.3, -0.25) is 14.4 Å². The van der Waals surface area contributed by atoms with E-state index in [2.05, 4.69) is 10.6 Å². The summed E-state index contributed by atoms with van der Waals surface area (Å²) in [7, 11) is 0. The van der Waals surface area contributed by atoms with Crippen molar-refractivity contribution < 1.29 is 19.5 Å². The zero-order valence-corrected chi connectivity index (χ0v) is 16.8. The van der Waals surface area contributed by atoms with Gasteiger partial charge in [0.2, 0.25) is 5.91 Å². The molecule has 0 bridgehead atoms. The molecule has 8 heteroatoms. The van der Waals surface area contributed by atoms with Gasteiger partial charge in [0, 0.05) is 30.1 Å². The largest absolute Gasteiger partial charge is 0.478 e. The van der Waals surface area contributed by atoms with Gasteiger partial charge in [0.15, 0.2) is 0 Å². The Kier molecular flexibility index (Phi) is 6.61. The van der Waals surface area contributed by atoms with Crippen LogP contribution in [0.25, 0.3) is 0 Å². The van der Waals surface area contributed by atoms with Gasteiger partial charge >= 0.3 is 5.97 Å². The molecule has 8 nitrogen and oxygen atoms in total. The van der Waals surface area contributed by atoms with E-state index in [0.29, 0.717) is 11.3 Å². The van der Waals surface area contributed by atoms with Crippen molar-refractivity contribution in [3.8, 4) is 0 Å². The van der Waals surface area contributed by atoms with Crippen molar-refractivity contribution in [1.29, 1.82) is 0 Å². The molecule has 3 rings (SSSR count). The molecule has 0 saturated carbocycles. The van der Waals surface area contributed by atoms with E-state index in [4.69, 9.17) is 5.11 Å². The van der Waals surface area contributed by atoms with Gasteiger partial charge in [0.1, 0.15) is 6.54 Å². The average molecular weight is 419 g/mol. The van der Waals surface area contributed by atoms with Gasteiger partial charge in [0.25, 0.3) is 11.5 Å². The third-order valence-electron chi connectivity index (χ3n) is 4.53. The van der Waals surface area contributed by atoms with Crippen molar-refractivity contribution >= 4 is 23.5 Å². The summed E-state index contributed by atoms with van der Waals surface area (Å²) < 4.78 is 1.33. The van der Waals surface area contributed by atoms with Gasteiger partial charge in [-0.25, -0.2) is 4.79 Å². The minimum Gasteiger partial charge on any atom is -0.478 e. The van der Waals surface area contributed by atoms with E-state index < -0.39 is 5.97 Å². The van der Waals surface area contributed by atoms with Gasteiger partial charge < -0.3 is 20.3 Å². The molecule has 31 heavy (non-hydrogen) atoms. The van der Waals surface area contributed by atoms with E-state index in [0.717, 1.165) is 11.1 Å². The number of carbonyl (C=O) groups excluding carboxylic acids is 2. The van der Waals surface area contributed by atoms with Gasteiger partial charge in [-0.1, -0.05) is 18.2 Å². The van der Waals surface area contributed by atoms with Crippen molar-refractivity contribution in [2.75, 3.05) is 5.32 Å². The third-order valence-corrected chi connectivity index (χ3v) is 4.53. The summed E-state index contributed by atoms with van der Waals surface area (Å²) in [5, 5.41) is 14.4. The number of carboxylic acids is 1. The molecule has 1 heterocycles. The lowest BCUT2D eigenvalue weighted by Crippen LogP contribution is -2.27.